The molecule has 12 heavy (non-hydrogen) atoms. The molecule has 1 heterocycles. The highest BCUT2D eigenvalue weighted by atomic mass is 79.9. The summed E-state index contributed by atoms with van der Waals surface area (Å²) in [6.45, 7) is 2.89. The average Bonchev–Trinajstić information content (AvgIpc) is 2.35. The van der Waals surface area contributed by atoms with E-state index in [1.54, 1.807) is 6.07 Å². The second kappa shape index (κ2) is 3.28. The van der Waals surface area contributed by atoms with Gasteiger partial charge in [-0.1, -0.05) is 0 Å². The molecule has 0 aliphatic rings. The van der Waals surface area contributed by atoms with Crippen molar-refractivity contribution in [3.63, 3.8) is 0 Å². The van der Waals surface area contributed by atoms with Crippen molar-refractivity contribution in [1.29, 1.82) is 0 Å². The van der Waals surface area contributed by atoms with Crippen LogP contribution in [0.4, 0.5) is 0 Å². The van der Waals surface area contributed by atoms with Gasteiger partial charge in [-0.3, -0.25) is 4.79 Å². The number of hydrogen-bond donors (Lipinski definition) is 1. The molecule has 1 atom stereocenters. The number of carbonyl (C=O) groups excluding carboxylic acids is 1. The number of Topliss-reactive ketones (excluding diaryl/α,β-unsaturated/α-hetero) is 1. The lowest BCUT2D eigenvalue weighted by atomic mass is 10.0. The van der Waals surface area contributed by atoms with Crippen LogP contribution in [0.1, 0.15) is 18.7 Å². The molecule has 0 bridgehead atoms. The van der Waals surface area contributed by atoms with E-state index < -0.39 is 5.60 Å². The standard InChI is InChI=1S/C8H9BrO2S/c1-5(10)8(2,11)7-3-6(9)4-12-7/h3-4,11H,1-2H3. The zero-order valence-corrected chi connectivity index (χ0v) is 9.20. The molecule has 2 nitrogen and oxygen atoms in total. The van der Waals surface area contributed by atoms with Gasteiger partial charge in [0.1, 0.15) is 0 Å². The maximum absolute atomic E-state index is 11.0. The Morgan fingerprint density at radius 2 is 2.33 bits per heavy atom. The van der Waals surface area contributed by atoms with Crippen LogP contribution in [0.5, 0.6) is 0 Å². The Morgan fingerprint density at radius 3 is 2.67 bits per heavy atom. The first kappa shape index (κ1) is 9.89. The van der Waals surface area contributed by atoms with Crippen LogP contribution in [0, 0.1) is 0 Å². The number of thiophene rings is 1. The Bertz CT molecular complexity index is 304. The Morgan fingerprint density at radius 1 is 1.75 bits per heavy atom. The van der Waals surface area contributed by atoms with Crippen LogP contribution in [0.3, 0.4) is 0 Å². The van der Waals surface area contributed by atoms with Gasteiger partial charge in [-0.05, 0) is 35.8 Å². The third-order valence-corrected chi connectivity index (χ3v) is 3.63. The van der Waals surface area contributed by atoms with E-state index in [4.69, 9.17) is 0 Å². The highest BCUT2D eigenvalue weighted by molar-refractivity contribution is 9.10. The summed E-state index contributed by atoms with van der Waals surface area (Å²) in [7, 11) is 0. The van der Waals surface area contributed by atoms with E-state index in [0.717, 1.165) is 4.47 Å². The van der Waals surface area contributed by atoms with Crippen LogP contribution in [0.25, 0.3) is 0 Å². The minimum absolute atomic E-state index is 0.239. The second-order valence-electron chi connectivity index (χ2n) is 2.76. The number of carbonyl (C=O) groups is 1. The van der Waals surface area contributed by atoms with E-state index in [0.29, 0.717) is 4.88 Å². The third-order valence-electron chi connectivity index (χ3n) is 1.73. The van der Waals surface area contributed by atoms with Crippen molar-refractivity contribution < 1.29 is 9.90 Å². The molecule has 0 radical (unpaired) electrons. The molecule has 0 spiro atoms. The van der Waals surface area contributed by atoms with Gasteiger partial charge in [0.05, 0.1) is 0 Å². The Labute approximate surface area is 83.4 Å². The van der Waals surface area contributed by atoms with Gasteiger partial charge in [0.15, 0.2) is 11.4 Å². The Balaban J connectivity index is 3.05. The summed E-state index contributed by atoms with van der Waals surface area (Å²) < 4.78 is 0.893. The molecule has 0 saturated carbocycles. The van der Waals surface area contributed by atoms with Gasteiger partial charge < -0.3 is 5.11 Å². The first-order valence-electron chi connectivity index (χ1n) is 3.42. The van der Waals surface area contributed by atoms with Crippen molar-refractivity contribution >= 4 is 33.0 Å². The lowest BCUT2D eigenvalue weighted by Gasteiger charge is -2.17. The quantitative estimate of drug-likeness (QED) is 0.873. The SMILES string of the molecule is CC(=O)C(C)(O)c1cc(Br)cs1. The summed E-state index contributed by atoms with van der Waals surface area (Å²) in [5, 5.41) is 11.6. The highest BCUT2D eigenvalue weighted by Crippen LogP contribution is 2.30. The molecular weight excluding hydrogens is 240 g/mol. The summed E-state index contributed by atoms with van der Waals surface area (Å²) in [4.78, 5) is 11.7. The van der Waals surface area contributed by atoms with Crippen LogP contribution >= 0.6 is 27.3 Å². The van der Waals surface area contributed by atoms with Crippen LogP contribution in [0.2, 0.25) is 0 Å². The predicted octanol–water partition coefficient (Wildman–Crippen LogP) is 2.31. The lowest BCUT2D eigenvalue weighted by molar-refractivity contribution is -0.133. The van der Waals surface area contributed by atoms with E-state index in [9.17, 15) is 9.90 Å². The van der Waals surface area contributed by atoms with Gasteiger partial charge in [-0.2, -0.15) is 0 Å². The molecule has 0 fully saturated rings. The number of hydrogen-bond acceptors (Lipinski definition) is 3. The first-order valence-corrected chi connectivity index (χ1v) is 5.10. The summed E-state index contributed by atoms with van der Waals surface area (Å²) in [6, 6.07) is 1.76. The summed E-state index contributed by atoms with van der Waals surface area (Å²) in [5.74, 6) is -0.239. The molecule has 1 unspecified atom stereocenters. The molecule has 1 N–H and O–H groups in total. The highest BCUT2D eigenvalue weighted by Gasteiger charge is 2.29. The smallest absolute Gasteiger partial charge is 0.166 e. The Kier molecular flexibility index (Phi) is 2.70. The minimum Gasteiger partial charge on any atom is -0.377 e. The molecule has 1 aromatic rings. The van der Waals surface area contributed by atoms with E-state index >= 15 is 0 Å². The van der Waals surface area contributed by atoms with Gasteiger partial charge in [0.2, 0.25) is 0 Å². The largest absolute Gasteiger partial charge is 0.377 e. The topological polar surface area (TPSA) is 37.3 Å². The molecule has 0 saturated heterocycles. The molecule has 1 aromatic heterocycles. The van der Waals surface area contributed by atoms with Crippen LogP contribution in [-0.4, -0.2) is 10.9 Å². The van der Waals surface area contributed by atoms with Gasteiger partial charge in [-0.15, -0.1) is 11.3 Å². The second-order valence-corrected chi connectivity index (χ2v) is 4.58. The van der Waals surface area contributed by atoms with Crippen LogP contribution < -0.4 is 0 Å². The summed E-state index contributed by atoms with van der Waals surface area (Å²) >= 11 is 4.63. The third kappa shape index (κ3) is 1.76. The molecule has 4 heteroatoms. The summed E-state index contributed by atoms with van der Waals surface area (Å²) in [6.07, 6.45) is 0. The fourth-order valence-electron chi connectivity index (χ4n) is 0.742. The van der Waals surface area contributed by atoms with E-state index in [1.807, 2.05) is 5.38 Å². The van der Waals surface area contributed by atoms with Gasteiger partial charge in [0.25, 0.3) is 0 Å². The number of aliphatic hydroxyl groups is 1. The van der Waals surface area contributed by atoms with Crippen molar-refractivity contribution in [2.75, 3.05) is 0 Å². The fraction of sp³-hybridized carbons (Fsp3) is 0.375. The van der Waals surface area contributed by atoms with Crippen LogP contribution in [-0.2, 0) is 10.4 Å². The number of ketones is 1. The molecular formula is C8H9BrO2S. The first-order chi connectivity index (χ1) is 5.44. The van der Waals surface area contributed by atoms with Gasteiger partial charge in [-0.25, -0.2) is 0 Å². The molecule has 0 aliphatic carbocycles. The van der Waals surface area contributed by atoms with Gasteiger partial charge >= 0.3 is 0 Å². The van der Waals surface area contributed by atoms with Crippen molar-refractivity contribution in [2.45, 2.75) is 19.4 Å². The number of rotatable bonds is 2. The maximum atomic E-state index is 11.0. The van der Waals surface area contributed by atoms with Crippen molar-refractivity contribution in [2.24, 2.45) is 0 Å². The van der Waals surface area contributed by atoms with E-state index in [1.165, 1.54) is 25.2 Å². The van der Waals surface area contributed by atoms with Crippen molar-refractivity contribution in [3.05, 3.63) is 20.8 Å². The fourth-order valence-corrected chi connectivity index (χ4v) is 2.28. The van der Waals surface area contributed by atoms with Crippen molar-refractivity contribution in [3.8, 4) is 0 Å². The molecule has 0 aromatic carbocycles. The van der Waals surface area contributed by atoms with Gasteiger partial charge in [0, 0.05) is 14.7 Å². The molecule has 66 valence electrons. The van der Waals surface area contributed by atoms with Crippen LogP contribution in [0.15, 0.2) is 15.9 Å². The normalized spacial score (nSPS) is 15.7. The Hall–Kier alpha value is -0.190. The molecule has 0 amide bonds. The zero-order chi connectivity index (χ0) is 9.35. The lowest BCUT2D eigenvalue weighted by Crippen LogP contribution is -2.28. The number of halogens is 1. The van der Waals surface area contributed by atoms with E-state index in [-0.39, 0.29) is 5.78 Å². The molecule has 0 aliphatic heterocycles. The predicted molar refractivity (Wildman–Crippen MR) is 52.3 cm³/mol. The monoisotopic (exact) mass is 248 g/mol. The minimum atomic E-state index is -1.34. The summed E-state index contributed by atoms with van der Waals surface area (Å²) in [5.41, 5.74) is -1.34. The average molecular weight is 249 g/mol. The van der Waals surface area contributed by atoms with Crippen molar-refractivity contribution in [1.82, 2.24) is 0 Å². The maximum Gasteiger partial charge on any atom is 0.166 e. The zero-order valence-electron chi connectivity index (χ0n) is 6.80. The van der Waals surface area contributed by atoms with E-state index in [2.05, 4.69) is 15.9 Å². The molecule has 1 rings (SSSR count).